The molecule has 0 radical (unpaired) electrons. The van der Waals surface area contributed by atoms with Crippen LogP contribution in [0.25, 0.3) is 6.08 Å². The van der Waals surface area contributed by atoms with Crippen LogP contribution in [0.4, 0.5) is 0 Å². The van der Waals surface area contributed by atoms with E-state index in [4.69, 9.17) is 11.6 Å². The zero-order valence-electron chi connectivity index (χ0n) is 14.6. The lowest BCUT2D eigenvalue weighted by atomic mass is 10.2. The topological polar surface area (TPSA) is 75.3 Å². The van der Waals surface area contributed by atoms with Crippen LogP contribution in [0, 0.1) is 0 Å². The number of sulfonamides is 1. The largest absolute Gasteiger partial charge is 0.348 e. The van der Waals surface area contributed by atoms with E-state index in [9.17, 15) is 13.2 Å². The first kappa shape index (κ1) is 20.2. The van der Waals surface area contributed by atoms with Gasteiger partial charge in [0, 0.05) is 23.7 Å². The molecule has 0 aliphatic rings. The highest BCUT2D eigenvalue weighted by atomic mass is 35.5. The van der Waals surface area contributed by atoms with Gasteiger partial charge in [0.05, 0.1) is 4.90 Å². The predicted molar refractivity (Wildman–Crippen MR) is 104 cm³/mol. The summed E-state index contributed by atoms with van der Waals surface area (Å²) in [6.07, 6.45) is 3.07. The van der Waals surface area contributed by atoms with Crippen molar-refractivity contribution in [1.82, 2.24) is 10.0 Å². The monoisotopic (exact) mass is 392 g/mol. The number of benzene rings is 2. The van der Waals surface area contributed by atoms with Crippen LogP contribution in [-0.4, -0.2) is 20.4 Å². The fourth-order valence-electron chi connectivity index (χ4n) is 2.23. The zero-order valence-corrected chi connectivity index (χ0v) is 16.1. The van der Waals surface area contributed by atoms with Crippen LogP contribution in [-0.2, 0) is 21.4 Å². The first-order valence-corrected chi connectivity index (χ1v) is 9.95. The van der Waals surface area contributed by atoms with Crippen molar-refractivity contribution >= 4 is 33.6 Å². The van der Waals surface area contributed by atoms with Gasteiger partial charge < -0.3 is 5.32 Å². The Kier molecular flexibility index (Phi) is 6.97. The van der Waals surface area contributed by atoms with Gasteiger partial charge in [0.25, 0.3) is 0 Å². The lowest BCUT2D eigenvalue weighted by molar-refractivity contribution is -0.116. The van der Waals surface area contributed by atoms with Gasteiger partial charge in [0.15, 0.2) is 0 Å². The average Bonchev–Trinajstić information content (AvgIpc) is 2.57. The third-order valence-corrected chi connectivity index (χ3v) is 5.23. The van der Waals surface area contributed by atoms with Crippen LogP contribution in [0.3, 0.4) is 0 Å². The third kappa shape index (κ3) is 6.29. The Morgan fingerprint density at radius 2 is 1.88 bits per heavy atom. The van der Waals surface area contributed by atoms with Crippen LogP contribution >= 0.6 is 11.6 Å². The standard InChI is InChI=1S/C19H21ClN2O3S/c1-14(2)22-26(24,25)18-8-4-6-16(12-18)13-21-19(23)10-9-15-5-3-7-17(20)11-15/h3-12,14,22H,13H2,1-2H3,(H,21,23)/b10-9+. The number of hydrogen-bond donors (Lipinski definition) is 2. The van der Waals surface area contributed by atoms with Gasteiger partial charge >= 0.3 is 0 Å². The Hall–Kier alpha value is -2.15. The van der Waals surface area contributed by atoms with Crippen molar-refractivity contribution in [3.8, 4) is 0 Å². The minimum absolute atomic E-state index is 0.174. The van der Waals surface area contributed by atoms with Crippen LogP contribution in [0.2, 0.25) is 5.02 Å². The van der Waals surface area contributed by atoms with Crippen molar-refractivity contribution in [2.75, 3.05) is 0 Å². The van der Waals surface area contributed by atoms with Crippen molar-refractivity contribution in [3.63, 3.8) is 0 Å². The predicted octanol–water partition coefficient (Wildman–Crippen LogP) is 3.36. The number of rotatable bonds is 7. The van der Waals surface area contributed by atoms with E-state index in [1.165, 1.54) is 12.1 Å². The van der Waals surface area contributed by atoms with E-state index >= 15 is 0 Å². The molecule has 26 heavy (non-hydrogen) atoms. The van der Waals surface area contributed by atoms with Crippen molar-refractivity contribution in [3.05, 3.63) is 70.8 Å². The highest BCUT2D eigenvalue weighted by Crippen LogP contribution is 2.13. The first-order valence-electron chi connectivity index (χ1n) is 8.09. The van der Waals surface area contributed by atoms with Gasteiger partial charge in [-0.2, -0.15) is 0 Å². The number of carbonyl (C=O) groups is 1. The second kappa shape index (κ2) is 8.98. The van der Waals surface area contributed by atoms with Crippen molar-refractivity contribution in [1.29, 1.82) is 0 Å². The maximum absolute atomic E-state index is 12.2. The van der Waals surface area contributed by atoms with Gasteiger partial charge in [0.1, 0.15) is 0 Å². The van der Waals surface area contributed by atoms with Crippen molar-refractivity contribution in [2.24, 2.45) is 0 Å². The average molecular weight is 393 g/mol. The summed E-state index contributed by atoms with van der Waals surface area (Å²) in [5.74, 6) is -0.279. The minimum Gasteiger partial charge on any atom is -0.348 e. The Morgan fingerprint density at radius 3 is 2.58 bits per heavy atom. The maximum Gasteiger partial charge on any atom is 0.244 e. The molecule has 0 saturated heterocycles. The summed E-state index contributed by atoms with van der Waals surface area (Å²) in [4.78, 5) is 12.1. The molecular formula is C19H21ClN2O3S. The van der Waals surface area contributed by atoms with E-state index in [0.29, 0.717) is 10.6 Å². The van der Waals surface area contributed by atoms with Gasteiger partial charge in [-0.3, -0.25) is 4.79 Å². The lowest BCUT2D eigenvalue weighted by Crippen LogP contribution is -2.30. The molecule has 2 rings (SSSR count). The molecule has 2 aromatic carbocycles. The lowest BCUT2D eigenvalue weighted by Gasteiger charge is -2.11. The Bertz CT molecular complexity index is 909. The summed E-state index contributed by atoms with van der Waals surface area (Å²) in [6.45, 7) is 3.74. The molecule has 0 aliphatic carbocycles. The molecule has 0 heterocycles. The fourth-order valence-corrected chi connectivity index (χ4v) is 3.75. The van der Waals surface area contributed by atoms with Crippen LogP contribution in [0.15, 0.2) is 59.5 Å². The van der Waals surface area contributed by atoms with E-state index in [1.807, 2.05) is 6.07 Å². The molecule has 1 amide bonds. The Labute approximate surface area is 159 Å². The molecule has 0 fully saturated rings. The number of nitrogens with one attached hydrogen (secondary N) is 2. The Morgan fingerprint density at radius 1 is 1.15 bits per heavy atom. The minimum atomic E-state index is -3.56. The molecule has 0 aliphatic heterocycles. The van der Waals surface area contributed by atoms with Crippen molar-refractivity contribution in [2.45, 2.75) is 31.3 Å². The summed E-state index contributed by atoms with van der Waals surface area (Å²) in [7, 11) is -3.56. The third-order valence-electron chi connectivity index (χ3n) is 3.34. The zero-order chi connectivity index (χ0) is 19.2. The first-order chi connectivity index (χ1) is 12.3. The molecule has 0 aromatic heterocycles. The second-order valence-corrected chi connectivity index (χ2v) is 8.18. The summed E-state index contributed by atoms with van der Waals surface area (Å²) < 4.78 is 26.9. The van der Waals surface area contributed by atoms with E-state index in [-0.39, 0.29) is 23.4 Å². The molecule has 0 bridgehead atoms. The number of halogens is 1. The molecule has 0 atom stereocenters. The molecule has 0 unspecified atom stereocenters. The molecule has 7 heteroatoms. The number of amides is 1. The van der Waals surface area contributed by atoms with E-state index in [0.717, 1.165) is 5.56 Å². The maximum atomic E-state index is 12.2. The molecule has 0 spiro atoms. The summed E-state index contributed by atoms with van der Waals surface area (Å²) in [5, 5.41) is 3.33. The van der Waals surface area contributed by atoms with E-state index in [1.54, 1.807) is 56.3 Å². The molecule has 5 nitrogen and oxygen atoms in total. The Balaban J connectivity index is 1.99. The van der Waals surface area contributed by atoms with Crippen LogP contribution in [0.1, 0.15) is 25.0 Å². The van der Waals surface area contributed by atoms with E-state index < -0.39 is 10.0 Å². The number of carbonyl (C=O) groups excluding carboxylic acids is 1. The van der Waals surface area contributed by atoms with Crippen LogP contribution in [0.5, 0.6) is 0 Å². The van der Waals surface area contributed by atoms with Gasteiger partial charge in [-0.25, -0.2) is 13.1 Å². The molecule has 138 valence electrons. The van der Waals surface area contributed by atoms with Gasteiger partial charge in [-0.1, -0.05) is 35.9 Å². The highest BCUT2D eigenvalue weighted by Gasteiger charge is 2.15. The smallest absolute Gasteiger partial charge is 0.244 e. The summed E-state index contributed by atoms with van der Waals surface area (Å²) >= 11 is 5.90. The molecule has 2 aromatic rings. The highest BCUT2D eigenvalue weighted by molar-refractivity contribution is 7.89. The number of hydrogen-bond acceptors (Lipinski definition) is 3. The van der Waals surface area contributed by atoms with E-state index in [2.05, 4.69) is 10.0 Å². The van der Waals surface area contributed by atoms with Crippen LogP contribution < -0.4 is 10.0 Å². The SMILES string of the molecule is CC(C)NS(=O)(=O)c1cccc(CNC(=O)/C=C/c2cccc(Cl)c2)c1. The summed E-state index contributed by atoms with van der Waals surface area (Å²) in [6, 6.07) is 13.4. The molecular weight excluding hydrogens is 372 g/mol. The van der Waals surface area contributed by atoms with Gasteiger partial charge in [-0.15, -0.1) is 0 Å². The fraction of sp³-hybridized carbons (Fsp3) is 0.211. The molecule has 0 saturated carbocycles. The van der Waals surface area contributed by atoms with Gasteiger partial charge in [-0.05, 0) is 55.3 Å². The normalized spacial score (nSPS) is 11.8. The van der Waals surface area contributed by atoms with Crippen molar-refractivity contribution < 1.29 is 13.2 Å². The quantitative estimate of drug-likeness (QED) is 0.709. The second-order valence-electron chi connectivity index (χ2n) is 6.03. The summed E-state index contributed by atoms with van der Waals surface area (Å²) in [5.41, 5.74) is 1.52. The molecule has 2 N–H and O–H groups in total. The van der Waals surface area contributed by atoms with Gasteiger partial charge in [0.2, 0.25) is 15.9 Å².